The van der Waals surface area contributed by atoms with E-state index in [4.69, 9.17) is 5.73 Å². The zero-order valence-electron chi connectivity index (χ0n) is 11.1. The molecule has 2 fully saturated rings. The fourth-order valence-electron chi connectivity index (χ4n) is 2.88. The van der Waals surface area contributed by atoms with Crippen LogP contribution < -0.4 is 5.73 Å². The van der Waals surface area contributed by atoms with E-state index in [0.29, 0.717) is 25.4 Å². The van der Waals surface area contributed by atoms with Crippen LogP contribution in [0.3, 0.4) is 0 Å². The van der Waals surface area contributed by atoms with Gasteiger partial charge in [-0.2, -0.15) is 0 Å². The van der Waals surface area contributed by atoms with Gasteiger partial charge in [0.25, 0.3) is 0 Å². The molecule has 2 aliphatic rings. The lowest BCUT2D eigenvalue weighted by Gasteiger charge is -2.35. The van der Waals surface area contributed by atoms with E-state index in [1.807, 2.05) is 0 Å². The Bertz CT molecular complexity index is 332. The summed E-state index contributed by atoms with van der Waals surface area (Å²) >= 11 is 0. The molecule has 0 radical (unpaired) electrons. The third-order valence-electron chi connectivity index (χ3n) is 4.16. The van der Waals surface area contributed by atoms with Gasteiger partial charge in [-0.15, -0.1) is 0 Å². The first-order valence-corrected chi connectivity index (χ1v) is 6.89. The molecule has 0 aliphatic carbocycles. The summed E-state index contributed by atoms with van der Waals surface area (Å²) in [5.74, 6) is -0.245. The van der Waals surface area contributed by atoms with Crippen molar-refractivity contribution in [3.63, 3.8) is 0 Å². The molecule has 0 aromatic rings. The minimum atomic E-state index is -0.480. The highest BCUT2D eigenvalue weighted by atomic mass is 16.2. The van der Waals surface area contributed by atoms with Gasteiger partial charge in [0, 0.05) is 19.0 Å². The summed E-state index contributed by atoms with van der Waals surface area (Å²) in [7, 11) is 2.12. The molecule has 2 aliphatic heterocycles. The molecule has 102 valence electrons. The monoisotopic (exact) mass is 253 g/mol. The smallest absolute Gasteiger partial charge is 0.246 e. The van der Waals surface area contributed by atoms with Crippen LogP contribution in [0.2, 0.25) is 0 Å². The van der Waals surface area contributed by atoms with Crippen LogP contribution in [-0.2, 0) is 9.59 Å². The van der Waals surface area contributed by atoms with Crippen LogP contribution in [0.5, 0.6) is 0 Å². The second-order valence-corrected chi connectivity index (χ2v) is 5.45. The number of likely N-dealkylation sites (tertiary alicyclic amines) is 2. The maximum Gasteiger partial charge on any atom is 0.246 e. The zero-order chi connectivity index (χ0) is 13.1. The molecule has 2 atom stereocenters. The lowest BCUT2D eigenvalue weighted by molar-refractivity contribution is -0.149. The van der Waals surface area contributed by atoms with Gasteiger partial charge in [-0.25, -0.2) is 0 Å². The molecule has 18 heavy (non-hydrogen) atoms. The molecule has 0 aromatic carbocycles. The standard InChI is InChI=1S/C13H23N3O2/c1-15-8-3-2-4-10(15)7-9-16-12(17)6-5-11(14)13(16)18/h10-11H,2-9,14H2,1H3. The SMILES string of the molecule is CN1CCCCC1CCN1C(=O)CCC(N)C1=O. The van der Waals surface area contributed by atoms with Crippen LogP contribution in [0.1, 0.15) is 38.5 Å². The predicted octanol–water partition coefficient (Wildman–Crippen LogP) is 0.337. The molecule has 2 saturated heterocycles. The highest BCUT2D eigenvalue weighted by Crippen LogP contribution is 2.19. The van der Waals surface area contributed by atoms with Crippen molar-refractivity contribution >= 4 is 11.8 Å². The van der Waals surface area contributed by atoms with Crippen molar-refractivity contribution in [3.8, 4) is 0 Å². The summed E-state index contributed by atoms with van der Waals surface area (Å²) in [5, 5.41) is 0. The molecule has 5 nitrogen and oxygen atoms in total. The molecule has 0 aromatic heterocycles. The third kappa shape index (κ3) is 2.90. The summed E-state index contributed by atoms with van der Waals surface area (Å²) in [6.45, 7) is 1.65. The Labute approximate surface area is 108 Å². The van der Waals surface area contributed by atoms with Crippen LogP contribution in [0.25, 0.3) is 0 Å². The number of imide groups is 1. The minimum absolute atomic E-state index is 0.0554. The number of nitrogens with two attached hydrogens (primary N) is 1. The first-order chi connectivity index (χ1) is 8.59. The maximum absolute atomic E-state index is 11.9. The minimum Gasteiger partial charge on any atom is -0.320 e. The lowest BCUT2D eigenvalue weighted by atomic mass is 9.98. The highest BCUT2D eigenvalue weighted by Gasteiger charge is 2.32. The van der Waals surface area contributed by atoms with Crippen molar-refractivity contribution in [1.82, 2.24) is 9.80 Å². The fraction of sp³-hybridized carbons (Fsp3) is 0.846. The van der Waals surface area contributed by atoms with Gasteiger partial charge in [0.15, 0.2) is 0 Å². The van der Waals surface area contributed by atoms with E-state index in [0.717, 1.165) is 13.0 Å². The van der Waals surface area contributed by atoms with E-state index in [2.05, 4.69) is 11.9 Å². The molecular weight excluding hydrogens is 230 g/mol. The zero-order valence-corrected chi connectivity index (χ0v) is 11.1. The molecular formula is C13H23N3O2. The van der Waals surface area contributed by atoms with Gasteiger partial charge in [0.1, 0.15) is 0 Å². The Hall–Kier alpha value is -0.940. The number of carbonyl (C=O) groups excluding carboxylic acids is 2. The summed E-state index contributed by atoms with van der Waals surface area (Å²) < 4.78 is 0. The number of rotatable bonds is 3. The normalized spacial score (nSPS) is 30.9. The molecule has 0 saturated carbocycles. The van der Waals surface area contributed by atoms with E-state index in [9.17, 15) is 9.59 Å². The summed E-state index contributed by atoms with van der Waals surface area (Å²) in [4.78, 5) is 27.3. The average Bonchev–Trinajstić information content (AvgIpc) is 2.36. The van der Waals surface area contributed by atoms with Crippen LogP contribution in [-0.4, -0.2) is 53.8 Å². The Morgan fingerprint density at radius 2 is 2.06 bits per heavy atom. The van der Waals surface area contributed by atoms with Crippen LogP contribution in [0.4, 0.5) is 0 Å². The number of carbonyl (C=O) groups is 2. The maximum atomic E-state index is 11.9. The van der Waals surface area contributed by atoms with Crippen LogP contribution in [0, 0.1) is 0 Å². The third-order valence-corrected chi connectivity index (χ3v) is 4.16. The van der Waals surface area contributed by atoms with Crippen molar-refractivity contribution in [3.05, 3.63) is 0 Å². The number of nitrogens with zero attached hydrogens (tertiary/aromatic N) is 2. The second-order valence-electron chi connectivity index (χ2n) is 5.45. The summed E-state index contributed by atoms with van der Waals surface area (Å²) in [6.07, 6.45) is 5.44. The molecule has 2 unspecified atom stereocenters. The van der Waals surface area contributed by atoms with E-state index in [1.54, 1.807) is 0 Å². The molecule has 2 rings (SSSR count). The largest absolute Gasteiger partial charge is 0.320 e. The lowest BCUT2D eigenvalue weighted by Crippen LogP contribution is -2.52. The number of hydrogen-bond donors (Lipinski definition) is 1. The van der Waals surface area contributed by atoms with Gasteiger partial charge in [0.05, 0.1) is 6.04 Å². The van der Waals surface area contributed by atoms with Crippen molar-refractivity contribution in [2.45, 2.75) is 50.6 Å². The highest BCUT2D eigenvalue weighted by molar-refractivity contribution is 6.00. The van der Waals surface area contributed by atoms with Crippen LogP contribution in [0.15, 0.2) is 0 Å². The second kappa shape index (κ2) is 5.80. The molecule has 2 N–H and O–H groups in total. The van der Waals surface area contributed by atoms with Crippen molar-refractivity contribution < 1.29 is 9.59 Å². The quantitative estimate of drug-likeness (QED) is 0.736. The van der Waals surface area contributed by atoms with Crippen molar-refractivity contribution in [2.75, 3.05) is 20.1 Å². The Kier molecular flexibility index (Phi) is 4.35. The number of hydrogen-bond acceptors (Lipinski definition) is 4. The van der Waals surface area contributed by atoms with E-state index in [1.165, 1.54) is 24.2 Å². The molecule has 0 spiro atoms. The average molecular weight is 253 g/mol. The van der Waals surface area contributed by atoms with Gasteiger partial charge in [-0.1, -0.05) is 6.42 Å². The van der Waals surface area contributed by atoms with Crippen molar-refractivity contribution in [2.24, 2.45) is 5.73 Å². The molecule has 0 bridgehead atoms. The van der Waals surface area contributed by atoms with E-state index in [-0.39, 0.29) is 11.8 Å². The van der Waals surface area contributed by atoms with Gasteiger partial charge in [0.2, 0.25) is 11.8 Å². The topological polar surface area (TPSA) is 66.6 Å². The Balaban J connectivity index is 1.88. The molecule has 5 heteroatoms. The Morgan fingerprint density at radius 1 is 1.28 bits per heavy atom. The van der Waals surface area contributed by atoms with E-state index >= 15 is 0 Å². The number of piperidine rings is 2. The fourth-order valence-corrected chi connectivity index (χ4v) is 2.88. The first-order valence-electron chi connectivity index (χ1n) is 6.89. The van der Waals surface area contributed by atoms with Crippen molar-refractivity contribution in [1.29, 1.82) is 0 Å². The predicted molar refractivity (Wildman–Crippen MR) is 68.8 cm³/mol. The number of amides is 2. The van der Waals surface area contributed by atoms with Gasteiger partial charge < -0.3 is 10.6 Å². The molecule has 2 amide bonds. The summed E-state index contributed by atoms with van der Waals surface area (Å²) in [6, 6.07) is 0.0179. The summed E-state index contributed by atoms with van der Waals surface area (Å²) in [5.41, 5.74) is 5.71. The Morgan fingerprint density at radius 3 is 2.78 bits per heavy atom. The first kappa shape index (κ1) is 13.5. The van der Waals surface area contributed by atoms with Gasteiger partial charge in [-0.3, -0.25) is 14.5 Å². The van der Waals surface area contributed by atoms with Gasteiger partial charge >= 0.3 is 0 Å². The van der Waals surface area contributed by atoms with Gasteiger partial charge in [-0.05, 0) is 39.3 Å². The van der Waals surface area contributed by atoms with E-state index < -0.39 is 6.04 Å². The molecule has 2 heterocycles. The van der Waals surface area contributed by atoms with Crippen LogP contribution >= 0.6 is 0 Å².